The van der Waals surface area contributed by atoms with Crippen LogP contribution >= 0.6 is 24.2 Å². The first-order valence-electron chi connectivity index (χ1n) is 10.2. The summed E-state index contributed by atoms with van der Waals surface area (Å²) < 4.78 is 10.9. The zero-order valence-corrected chi connectivity index (χ0v) is 19.8. The monoisotopic (exact) mass is 484 g/mol. The number of thioether (sulfide) groups is 1. The zero-order valence-electron chi connectivity index (χ0n) is 18.1. The van der Waals surface area contributed by atoms with Crippen molar-refractivity contribution in [2.24, 2.45) is 5.73 Å². The molecule has 1 unspecified atom stereocenters. The lowest BCUT2D eigenvalue weighted by molar-refractivity contribution is -0.121. The van der Waals surface area contributed by atoms with Crippen LogP contribution in [0.2, 0.25) is 0 Å². The molecule has 0 aliphatic carbocycles. The summed E-state index contributed by atoms with van der Waals surface area (Å²) in [7, 11) is 3.11. The summed E-state index contributed by atoms with van der Waals surface area (Å²) in [5.41, 5.74) is 7.07. The lowest BCUT2D eigenvalue weighted by atomic mass is 10.1. The quantitative estimate of drug-likeness (QED) is 0.360. The number of hydrogen-bond acceptors (Lipinski definition) is 8. The van der Waals surface area contributed by atoms with Crippen molar-refractivity contribution < 1.29 is 23.9 Å². The Kier molecular flexibility index (Phi) is 9.67. The fourth-order valence-corrected chi connectivity index (χ4v) is 4.34. The molecule has 32 heavy (non-hydrogen) atoms. The fraction of sp³-hybridized carbons (Fsp3) is 0.476. The second-order valence-corrected chi connectivity index (χ2v) is 8.38. The van der Waals surface area contributed by atoms with E-state index < -0.39 is 11.1 Å². The summed E-state index contributed by atoms with van der Waals surface area (Å²) in [6, 6.07) is 3.68. The van der Waals surface area contributed by atoms with Crippen molar-refractivity contribution in [3.05, 3.63) is 22.6 Å². The normalized spacial score (nSPS) is 19.0. The van der Waals surface area contributed by atoms with Crippen LogP contribution in [0.3, 0.4) is 0 Å². The van der Waals surface area contributed by atoms with Crippen LogP contribution in [-0.4, -0.2) is 56.9 Å². The van der Waals surface area contributed by atoms with E-state index in [1.165, 1.54) is 0 Å². The number of carbonyl (C=O) groups is 3. The first-order chi connectivity index (χ1) is 14.9. The number of hydrogen-bond donors (Lipinski definition) is 3. The van der Waals surface area contributed by atoms with Gasteiger partial charge in [-0.3, -0.25) is 19.7 Å². The molecule has 2 fully saturated rings. The van der Waals surface area contributed by atoms with Crippen molar-refractivity contribution in [1.29, 1.82) is 0 Å². The third-order valence-corrected chi connectivity index (χ3v) is 6.02. The van der Waals surface area contributed by atoms with Crippen molar-refractivity contribution in [3.63, 3.8) is 0 Å². The summed E-state index contributed by atoms with van der Waals surface area (Å²) in [5, 5.41) is 4.97. The van der Waals surface area contributed by atoms with Gasteiger partial charge in [0.05, 0.1) is 19.1 Å². The SMILES string of the molecule is COc1cc(/C=C2/SC(=O)NC2=O)c(N2CCC(NC(=O)CCCCN)C2)cc1OC.Cl. The van der Waals surface area contributed by atoms with Gasteiger partial charge in [0.25, 0.3) is 11.1 Å². The number of nitrogens with one attached hydrogen (secondary N) is 2. The van der Waals surface area contributed by atoms with E-state index in [1.54, 1.807) is 26.4 Å². The lowest BCUT2D eigenvalue weighted by Crippen LogP contribution is -2.37. The summed E-state index contributed by atoms with van der Waals surface area (Å²) in [6.45, 7) is 1.95. The van der Waals surface area contributed by atoms with Crippen LogP contribution in [-0.2, 0) is 9.59 Å². The molecule has 3 amide bonds. The molecule has 0 bridgehead atoms. The molecule has 0 radical (unpaired) electrons. The third-order valence-electron chi connectivity index (χ3n) is 5.21. The van der Waals surface area contributed by atoms with Crippen molar-refractivity contribution >= 4 is 53.0 Å². The van der Waals surface area contributed by atoms with Gasteiger partial charge in [-0.2, -0.15) is 0 Å². The lowest BCUT2D eigenvalue weighted by Gasteiger charge is -2.23. The maximum atomic E-state index is 12.2. The number of anilines is 1. The van der Waals surface area contributed by atoms with Gasteiger partial charge in [0.2, 0.25) is 5.91 Å². The molecule has 0 aromatic heterocycles. The molecule has 2 aliphatic heterocycles. The van der Waals surface area contributed by atoms with Crippen molar-refractivity contribution in [3.8, 4) is 11.5 Å². The Bertz CT molecular complexity index is 895. The van der Waals surface area contributed by atoms with E-state index >= 15 is 0 Å². The summed E-state index contributed by atoms with van der Waals surface area (Å²) >= 11 is 0.867. The minimum absolute atomic E-state index is 0. The Labute approximate surface area is 197 Å². The highest BCUT2D eigenvalue weighted by molar-refractivity contribution is 8.18. The topological polar surface area (TPSA) is 123 Å². The van der Waals surface area contributed by atoms with Gasteiger partial charge in [-0.15, -0.1) is 12.4 Å². The van der Waals surface area contributed by atoms with Gasteiger partial charge in [0.1, 0.15) is 0 Å². The van der Waals surface area contributed by atoms with Crippen LogP contribution in [0.25, 0.3) is 6.08 Å². The Morgan fingerprint density at radius 3 is 2.62 bits per heavy atom. The minimum atomic E-state index is -0.417. The first-order valence-corrected chi connectivity index (χ1v) is 11.0. The van der Waals surface area contributed by atoms with Gasteiger partial charge in [-0.25, -0.2) is 0 Å². The van der Waals surface area contributed by atoms with Crippen molar-refractivity contribution in [1.82, 2.24) is 10.6 Å². The molecule has 9 nitrogen and oxygen atoms in total. The first kappa shape index (κ1) is 25.8. The van der Waals surface area contributed by atoms with Gasteiger partial charge in [-0.1, -0.05) is 0 Å². The molecule has 4 N–H and O–H groups in total. The number of methoxy groups -OCH3 is 2. The molecule has 11 heteroatoms. The molecule has 1 atom stereocenters. The summed E-state index contributed by atoms with van der Waals surface area (Å²) in [6.07, 6.45) is 4.58. The fourth-order valence-electron chi connectivity index (χ4n) is 3.66. The van der Waals surface area contributed by atoms with Crippen LogP contribution in [0.4, 0.5) is 10.5 Å². The van der Waals surface area contributed by atoms with Crippen LogP contribution in [0.15, 0.2) is 17.0 Å². The van der Waals surface area contributed by atoms with Gasteiger partial charge in [-0.05, 0) is 49.7 Å². The molecule has 1 aromatic rings. The molecule has 3 rings (SSSR count). The van der Waals surface area contributed by atoms with Crippen LogP contribution < -0.4 is 30.7 Å². The zero-order chi connectivity index (χ0) is 22.4. The highest BCUT2D eigenvalue weighted by Crippen LogP contribution is 2.39. The number of nitrogens with zero attached hydrogens (tertiary/aromatic N) is 1. The molecule has 176 valence electrons. The Hall–Kier alpha value is -2.43. The van der Waals surface area contributed by atoms with Crippen LogP contribution in [0.5, 0.6) is 11.5 Å². The molecular weight excluding hydrogens is 456 g/mol. The Morgan fingerprint density at radius 1 is 1.28 bits per heavy atom. The Balaban J connectivity index is 0.00000363. The average molecular weight is 485 g/mol. The number of halogens is 1. The molecule has 2 heterocycles. The largest absolute Gasteiger partial charge is 0.493 e. The number of ether oxygens (including phenoxy) is 2. The average Bonchev–Trinajstić information content (AvgIpc) is 3.33. The maximum Gasteiger partial charge on any atom is 0.290 e. The summed E-state index contributed by atoms with van der Waals surface area (Å²) in [4.78, 5) is 38.2. The van der Waals surface area contributed by atoms with E-state index in [9.17, 15) is 14.4 Å². The molecule has 0 spiro atoms. The molecule has 1 aromatic carbocycles. The minimum Gasteiger partial charge on any atom is -0.493 e. The molecule has 2 saturated heterocycles. The maximum absolute atomic E-state index is 12.2. The van der Waals surface area contributed by atoms with Crippen molar-refractivity contribution in [2.75, 3.05) is 38.8 Å². The van der Waals surface area contributed by atoms with Gasteiger partial charge < -0.3 is 25.4 Å². The smallest absolute Gasteiger partial charge is 0.290 e. The second-order valence-electron chi connectivity index (χ2n) is 7.36. The van der Waals surface area contributed by atoms with Gasteiger partial charge in [0.15, 0.2) is 11.5 Å². The number of rotatable bonds is 9. The van der Waals surface area contributed by atoms with E-state index in [1.807, 2.05) is 6.07 Å². The second kappa shape index (κ2) is 12.0. The summed E-state index contributed by atoms with van der Waals surface area (Å²) in [5.74, 6) is 0.706. The van der Waals surface area contributed by atoms with E-state index in [2.05, 4.69) is 15.5 Å². The Morgan fingerprint density at radius 2 is 2.00 bits per heavy atom. The number of amides is 3. The van der Waals surface area contributed by atoms with Crippen molar-refractivity contribution in [2.45, 2.75) is 31.7 Å². The number of unbranched alkanes of at least 4 members (excludes halogenated alkanes) is 1. The number of nitrogens with two attached hydrogens (primary N) is 1. The van der Waals surface area contributed by atoms with E-state index in [-0.39, 0.29) is 24.4 Å². The highest BCUT2D eigenvalue weighted by atomic mass is 35.5. The van der Waals surface area contributed by atoms with E-state index in [0.717, 1.165) is 48.8 Å². The van der Waals surface area contributed by atoms with E-state index in [4.69, 9.17) is 15.2 Å². The number of benzene rings is 1. The highest BCUT2D eigenvalue weighted by Gasteiger charge is 2.29. The standard InChI is InChI=1S/C21H28N4O5S.ClH/c1-29-16-9-13(10-18-20(27)24-21(28)31-18)15(11-17(16)30-2)25-8-6-14(12-25)23-19(26)5-3-4-7-22;/h9-11,14H,3-8,12,22H2,1-2H3,(H,23,26)(H,24,27,28);1H/b18-10+;. The van der Waals surface area contributed by atoms with Crippen LogP contribution in [0, 0.1) is 0 Å². The third kappa shape index (κ3) is 6.30. The van der Waals surface area contributed by atoms with E-state index in [0.29, 0.717) is 35.9 Å². The van der Waals surface area contributed by atoms with Gasteiger partial charge >= 0.3 is 0 Å². The number of imide groups is 1. The van der Waals surface area contributed by atoms with Gasteiger partial charge in [0, 0.05) is 42.9 Å². The van der Waals surface area contributed by atoms with Crippen LogP contribution in [0.1, 0.15) is 31.2 Å². The number of carbonyl (C=O) groups excluding carboxylic acids is 3. The predicted molar refractivity (Wildman–Crippen MR) is 128 cm³/mol. The molecule has 2 aliphatic rings. The predicted octanol–water partition coefficient (Wildman–Crippen LogP) is 2.27. The molecule has 0 saturated carbocycles. The molecular formula is C21H29ClN4O5S.